The smallest absolute Gasteiger partial charge is 0.0359 e. The molecule has 0 aliphatic heterocycles. The summed E-state index contributed by atoms with van der Waals surface area (Å²) in [4.78, 5) is 0. The van der Waals surface area contributed by atoms with Gasteiger partial charge in [0.1, 0.15) is 0 Å². The molecule has 0 spiro atoms. The van der Waals surface area contributed by atoms with Gasteiger partial charge in [-0.1, -0.05) is 20.8 Å². The minimum Gasteiger partial charge on any atom is -0.347 e. The van der Waals surface area contributed by atoms with Crippen molar-refractivity contribution in [3.05, 3.63) is 24.0 Å². The molecule has 0 saturated heterocycles. The number of hydrogen-bond acceptors (Lipinski definition) is 1. The third kappa shape index (κ3) is 3.71. The predicted molar refractivity (Wildman–Crippen MR) is 66.0 cm³/mol. The highest BCUT2D eigenvalue weighted by Gasteiger charge is 2.05. The van der Waals surface area contributed by atoms with Crippen LogP contribution in [-0.4, -0.2) is 11.1 Å². The number of nitrogens with zero attached hydrogens (tertiary/aromatic N) is 1. The minimum atomic E-state index is 0.607. The van der Waals surface area contributed by atoms with Crippen LogP contribution in [-0.2, 0) is 6.54 Å². The summed E-state index contributed by atoms with van der Waals surface area (Å²) in [5, 5.41) is 3.49. The van der Waals surface area contributed by atoms with Gasteiger partial charge in [-0.2, -0.15) is 0 Å². The molecular formula is C13H24N2. The second-order valence-electron chi connectivity index (χ2n) is 4.69. The average molecular weight is 208 g/mol. The van der Waals surface area contributed by atoms with Crippen molar-refractivity contribution in [3.8, 4) is 0 Å². The van der Waals surface area contributed by atoms with Crippen LogP contribution in [0.1, 0.15) is 45.9 Å². The summed E-state index contributed by atoms with van der Waals surface area (Å²) in [5.74, 6) is 0.719. The van der Waals surface area contributed by atoms with E-state index in [1.165, 1.54) is 12.1 Å². The lowest BCUT2D eigenvalue weighted by Gasteiger charge is -2.16. The van der Waals surface area contributed by atoms with Crippen molar-refractivity contribution in [3.63, 3.8) is 0 Å². The first-order chi connectivity index (χ1) is 7.15. The lowest BCUT2D eigenvalue weighted by molar-refractivity contribution is 0.488. The van der Waals surface area contributed by atoms with E-state index in [1.54, 1.807) is 0 Å². The highest BCUT2D eigenvalue weighted by atomic mass is 15.0. The lowest BCUT2D eigenvalue weighted by atomic mass is 10.2. The van der Waals surface area contributed by atoms with Crippen LogP contribution < -0.4 is 5.32 Å². The third-order valence-corrected chi connectivity index (χ3v) is 2.79. The Hall–Kier alpha value is -0.760. The lowest BCUT2D eigenvalue weighted by Crippen LogP contribution is -2.21. The maximum atomic E-state index is 3.49. The molecule has 0 aromatic carbocycles. The third-order valence-electron chi connectivity index (χ3n) is 2.79. The number of rotatable bonds is 6. The second-order valence-corrected chi connectivity index (χ2v) is 4.69. The molecule has 15 heavy (non-hydrogen) atoms. The van der Waals surface area contributed by atoms with Gasteiger partial charge < -0.3 is 9.88 Å². The van der Waals surface area contributed by atoms with Crippen LogP contribution in [0.25, 0.3) is 0 Å². The first kappa shape index (κ1) is 12.3. The van der Waals surface area contributed by atoms with Crippen molar-refractivity contribution in [1.82, 2.24) is 9.88 Å². The standard InChI is InChI=1S/C13H24N2/c1-5-12(4)15-8-6-7-13(15)10-14-9-11(2)3/h6-8,11-12,14H,5,9-10H2,1-4H3/t12-/m0/s1. The molecule has 0 fully saturated rings. The Labute approximate surface area is 93.7 Å². The van der Waals surface area contributed by atoms with E-state index in [-0.39, 0.29) is 0 Å². The van der Waals surface area contributed by atoms with Gasteiger partial charge in [-0.25, -0.2) is 0 Å². The Morgan fingerprint density at radius 3 is 2.67 bits per heavy atom. The Kier molecular flexibility index (Phi) is 4.89. The van der Waals surface area contributed by atoms with E-state index in [4.69, 9.17) is 0 Å². The quantitative estimate of drug-likeness (QED) is 0.759. The zero-order valence-electron chi connectivity index (χ0n) is 10.5. The summed E-state index contributed by atoms with van der Waals surface area (Å²) >= 11 is 0. The molecule has 0 radical (unpaired) electrons. The molecule has 0 amide bonds. The SMILES string of the molecule is CC[C@H](C)n1cccc1CNCC(C)C. The summed E-state index contributed by atoms with van der Waals surface area (Å²) in [7, 11) is 0. The molecule has 1 rings (SSSR count). The van der Waals surface area contributed by atoms with Gasteiger partial charge in [-0.15, -0.1) is 0 Å². The van der Waals surface area contributed by atoms with Crippen molar-refractivity contribution in [2.75, 3.05) is 6.54 Å². The van der Waals surface area contributed by atoms with Gasteiger partial charge in [0, 0.05) is 24.5 Å². The molecule has 2 nitrogen and oxygen atoms in total. The first-order valence-corrected chi connectivity index (χ1v) is 6.01. The first-order valence-electron chi connectivity index (χ1n) is 6.01. The topological polar surface area (TPSA) is 17.0 Å². The van der Waals surface area contributed by atoms with E-state index in [0.717, 1.165) is 19.0 Å². The Bertz CT molecular complexity index is 276. The minimum absolute atomic E-state index is 0.607. The molecule has 0 aliphatic carbocycles. The van der Waals surface area contributed by atoms with Crippen LogP contribution >= 0.6 is 0 Å². The van der Waals surface area contributed by atoms with Gasteiger partial charge in [-0.3, -0.25) is 0 Å². The monoisotopic (exact) mass is 208 g/mol. The Morgan fingerprint density at radius 1 is 1.33 bits per heavy atom. The van der Waals surface area contributed by atoms with E-state index in [1.807, 2.05) is 0 Å². The molecule has 1 aromatic heterocycles. The molecule has 1 atom stereocenters. The number of hydrogen-bond donors (Lipinski definition) is 1. The van der Waals surface area contributed by atoms with Crippen molar-refractivity contribution in [2.45, 2.75) is 46.7 Å². The van der Waals surface area contributed by atoms with Crippen LogP contribution in [0.3, 0.4) is 0 Å². The molecule has 0 aliphatic rings. The van der Waals surface area contributed by atoms with Gasteiger partial charge in [0.25, 0.3) is 0 Å². The molecular weight excluding hydrogens is 184 g/mol. The van der Waals surface area contributed by atoms with E-state index < -0.39 is 0 Å². The molecule has 1 aromatic rings. The Morgan fingerprint density at radius 2 is 2.07 bits per heavy atom. The second kappa shape index (κ2) is 5.96. The maximum Gasteiger partial charge on any atom is 0.0359 e. The van der Waals surface area contributed by atoms with Crippen molar-refractivity contribution in [1.29, 1.82) is 0 Å². The molecule has 86 valence electrons. The number of aromatic nitrogens is 1. The molecule has 0 bridgehead atoms. The van der Waals surface area contributed by atoms with Crippen molar-refractivity contribution < 1.29 is 0 Å². The van der Waals surface area contributed by atoms with Crippen LogP contribution in [0.15, 0.2) is 18.3 Å². The van der Waals surface area contributed by atoms with Crippen molar-refractivity contribution >= 4 is 0 Å². The van der Waals surface area contributed by atoms with E-state index in [2.05, 4.69) is 55.9 Å². The normalized spacial score (nSPS) is 13.4. The van der Waals surface area contributed by atoms with Crippen LogP contribution in [0.4, 0.5) is 0 Å². The maximum absolute atomic E-state index is 3.49. The van der Waals surface area contributed by atoms with E-state index in [9.17, 15) is 0 Å². The van der Waals surface area contributed by atoms with Crippen LogP contribution in [0.2, 0.25) is 0 Å². The predicted octanol–water partition coefficient (Wildman–Crippen LogP) is 3.20. The van der Waals surface area contributed by atoms with Gasteiger partial charge in [0.2, 0.25) is 0 Å². The van der Waals surface area contributed by atoms with Crippen LogP contribution in [0.5, 0.6) is 0 Å². The highest BCUT2D eigenvalue weighted by Crippen LogP contribution is 2.14. The fourth-order valence-electron chi connectivity index (χ4n) is 1.69. The highest BCUT2D eigenvalue weighted by molar-refractivity contribution is 5.08. The zero-order chi connectivity index (χ0) is 11.3. The Balaban J connectivity index is 2.50. The summed E-state index contributed by atoms with van der Waals surface area (Å²) < 4.78 is 2.37. The zero-order valence-corrected chi connectivity index (χ0v) is 10.5. The van der Waals surface area contributed by atoms with Gasteiger partial charge in [0.15, 0.2) is 0 Å². The molecule has 0 unspecified atom stereocenters. The largest absolute Gasteiger partial charge is 0.347 e. The van der Waals surface area contributed by atoms with Gasteiger partial charge in [-0.05, 0) is 37.9 Å². The van der Waals surface area contributed by atoms with Gasteiger partial charge in [0.05, 0.1) is 0 Å². The number of nitrogens with one attached hydrogen (secondary N) is 1. The van der Waals surface area contributed by atoms with E-state index in [0.29, 0.717) is 6.04 Å². The fraction of sp³-hybridized carbons (Fsp3) is 0.692. The summed E-state index contributed by atoms with van der Waals surface area (Å²) in [6.07, 6.45) is 3.37. The molecule has 1 heterocycles. The summed E-state index contributed by atoms with van der Waals surface area (Å²) in [6, 6.07) is 4.95. The fourth-order valence-corrected chi connectivity index (χ4v) is 1.69. The molecule has 1 N–H and O–H groups in total. The average Bonchev–Trinajstić information content (AvgIpc) is 2.64. The summed E-state index contributed by atoms with van der Waals surface area (Å²) in [5.41, 5.74) is 1.39. The summed E-state index contributed by atoms with van der Waals surface area (Å²) in [6.45, 7) is 11.0. The van der Waals surface area contributed by atoms with E-state index >= 15 is 0 Å². The van der Waals surface area contributed by atoms with Crippen molar-refractivity contribution in [2.24, 2.45) is 5.92 Å². The van der Waals surface area contributed by atoms with Gasteiger partial charge >= 0.3 is 0 Å². The molecule has 2 heteroatoms. The molecule has 0 saturated carbocycles. The van der Waals surface area contributed by atoms with Crippen LogP contribution in [0, 0.1) is 5.92 Å².